The molecule has 1 fully saturated rings. The summed E-state index contributed by atoms with van der Waals surface area (Å²) < 4.78 is 7.49. The lowest BCUT2D eigenvalue weighted by atomic mass is 10.3. The average Bonchev–Trinajstić information content (AvgIpc) is 2.93. The Bertz CT molecular complexity index is 371. The molecular weight excluding hydrogens is 260 g/mol. The number of hydrogen-bond acceptors (Lipinski definition) is 3. The van der Waals surface area contributed by atoms with Gasteiger partial charge in [-0.15, -0.1) is 0 Å². The fraction of sp³-hybridized carbons (Fsp3) is 0.600. The Morgan fingerprint density at radius 1 is 1.73 bits per heavy atom. The van der Waals surface area contributed by atoms with Gasteiger partial charge < -0.3 is 4.74 Å². The second-order valence-corrected chi connectivity index (χ2v) is 4.49. The molecule has 1 heterocycles. The van der Waals surface area contributed by atoms with E-state index in [2.05, 4.69) is 21.0 Å². The topological polar surface area (TPSA) is 44.1 Å². The molecule has 1 aliphatic carbocycles. The smallest absolute Gasteiger partial charge is 0.327 e. The van der Waals surface area contributed by atoms with Crippen LogP contribution in [0.1, 0.15) is 31.4 Å². The van der Waals surface area contributed by atoms with Crippen molar-refractivity contribution in [3.8, 4) is 0 Å². The summed E-state index contributed by atoms with van der Waals surface area (Å²) >= 11 is 3.45. The van der Waals surface area contributed by atoms with Crippen LogP contribution in [0.4, 0.5) is 0 Å². The molecule has 0 bridgehead atoms. The highest BCUT2D eigenvalue weighted by molar-refractivity contribution is 9.10. The van der Waals surface area contributed by atoms with Crippen LogP contribution < -0.4 is 0 Å². The maximum Gasteiger partial charge on any atom is 0.327 e. The number of carbonyl (C=O) groups excluding carboxylic acids is 1. The fourth-order valence-electron chi connectivity index (χ4n) is 1.47. The first-order valence-corrected chi connectivity index (χ1v) is 5.88. The van der Waals surface area contributed by atoms with E-state index in [4.69, 9.17) is 4.74 Å². The average molecular weight is 273 g/mol. The monoisotopic (exact) mass is 272 g/mol. The molecule has 0 spiro atoms. The Morgan fingerprint density at radius 3 is 3.07 bits per heavy atom. The van der Waals surface area contributed by atoms with Crippen LogP contribution in [0, 0.1) is 0 Å². The number of nitrogens with zero attached hydrogens (tertiary/aromatic N) is 2. The molecule has 1 aliphatic rings. The third-order valence-electron chi connectivity index (χ3n) is 2.30. The maximum atomic E-state index is 11.2. The largest absolute Gasteiger partial charge is 0.465 e. The lowest BCUT2D eigenvalue weighted by Crippen LogP contribution is -2.13. The lowest BCUT2D eigenvalue weighted by Gasteiger charge is -2.00. The van der Waals surface area contributed by atoms with Crippen LogP contribution in [0.5, 0.6) is 0 Å². The quantitative estimate of drug-likeness (QED) is 0.789. The fourth-order valence-corrected chi connectivity index (χ4v) is 2.10. The van der Waals surface area contributed by atoms with Crippen molar-refractivity contribution in [3.63, 3.8) is 0 Å². The van der Waals surface area contributed by atoms with Gasteiger partial charge in [0.25, 0.3) is 0 Å². The zero-order valence-corrected chi connectivity index (χ0v) is 10.2. The van der Waals surface area contributed by atoms with Gasteiger partial charge in [-0.05, 0) is 35.7 Å². The predicted molar refractivity (Wildman–Crippen MR) is 58.5 cm³/mol. The first-order valence-electron chi connectivity index (χ1n) is 5.09. The van der Waals surface area contributed by atoms with Gasteiger partial charge in [0.05, 0.1) is 16.8 Å². The van der Waals surface area contributed by atoms with E-state index >= 15 is 0 Å². The molecule has 1 aromatic rings. The van der Waals surface area contributed by atoms with Crippen molar-refractivity contribution in [2.45, 2.75) is 32.2 Å². The van der Waals surface area contributed by atoms with Crippen molar-refractivity contribution >= 4 is 21.9 Å². The van der Waals surface area contributed by atoms with Gasteiger partial charge >= 0.3 is 5.97 Å². The highest BCUT2D eigenvalue weighted by atomic mass is 79.9. The van der Waals surface area contributed by atoms with E-state index in [-0.39, 0.29) is 12.5 Å². The molecular formula is C10H13BrN2O2. The third-order valence-corrected chi connectivity index (χ3v) is 2.91. The zero-order valence-electron chi connectivity index (χ0n) is 8.57. The number of ether oxygens (including phenoxy) is 1. The Morgan fingerprint density at radius 2 is 2.47 bits per heavy atom. The molecule has 0 N–H and O–H groups in total. The molecule has 1 saturated carbocycles. The summed E-state index contributed by atoms with van der Waals surface area (Å²) in [6.07, 6.45) is 4.24. The van der Waals surface area contributed by atoms with Crippen LogP contribution in [-0.2, 0) is 16.1 Å². The highest BCUT2D eigenvalue weighted by Gasteiger charge is 2.28. The summed E-state index contributed by atoms with van der Waals surface area (Å²) in [5.74, 6) is 0.345. The van der Waals surface area contributed by atoms with E-state index in [1.165, 1.54) is 12.8 Å². The van der Waals surface area contributed by atoms with Crippen molar-refractivity contribution in [1.82, 2.24) is 9.78 Å². The van der Waals surface area contributed by atoms with E-state index in [1.807, 2.05) is 6.20 Å². The number of esters is 1. The molecule has 0 saturated heterocycles. The van der Waals surface area contributed by atoms with Crippen LogP contribution >= 0.6 is 15.9 Å². The summed E-state index contributed by atoms with van der Waals surface area (Å²) in [6.45, 7) is 2.41. The SMILES string of the molecule is CCOC(=O)Cn1cc(Br)c(C2CC2)n1. The molecule has 0 amide bonds. The van der Waals surface area contributed by atoms with Gasteiger partial charge in [0.2, 0.25) is 0 Å². The normalized spacial score (nSPS) is 15.3. The molecule has 15 heavy (non-hydrogen) atoms. The minimum atomic E-state index is -0.241. The number of rotatable bonds is 4. The standard InChI is InChI=1S/C10H13BrN2O2/c1-2-15-9(14)6-13-5-8(11)10(12-13)7-3-4-7/h5,7H,2-4,6H2,1H3. The van der Waals surface area contributed by atoms with Gasteiger partial charge in [0.15, 0.2) is 0 Å². The van der Waals surface area contributed by atoms with Gasteiger partial charge in [-0.25, -0.2) is 0 Å². The molecule has 1 aromatic heterocycles. The summed E-state index contributed by atoms with van der Waals surface area (Å²) in [5.41, 5.74) is 1.07. The van der Waals surface area contributed by atoms with Gasteiger partial charge in [-0.1, -0.05) is 0 Å². The molecule has 5 heteroatoms. The maximum absolute atomic E-state index is 11.2. The van der Waals surface area contributed by atoms with Gasteiger partial charge in [-0.2, -0.15) is 5.10 Å². The minimum absolute atomic E-state index is 0.194. The first-order chi connectivity index (χ1) is 7.20. The van der Waals surface area contributed by atoms with E-state index in [0.717, 1.165) is 10.2 Å². The van der Waals surface area contributed by atoms with Crippen LogP contribution in [0.25, 0.3) is 0 Å². The summed E-state index contributed by atoms with van der Waals surface area (Å²) in [5, 5.41) is 4.36. The molecule has 2 rings (SSSR count). The van der Waals surface area contributed by atoms with Crippen molar-refractivity contribution in [2.75, 3.05) is 6.61 Å². The van der Waals surface area contributed by atoms with E-state index < -0.39 is 0 Å². The van der Waals surface area contributed by atoms with Crippen LogP contribution in [0.15, 0.2) is 10.7 Å². The van der Waals surface area contributed by atoms with Crippen molar-refractivity contribution < 1.29 is 9.53 Å². The van der Waals surface area contributed by atoms with Crippen molar-refractivity contribution in [1.29, 1.82) is 0 Å². The first kappa shape index (κ1) is 10.7. The van der Waals surface area contributed by atoms with Crippen molar-refractivity contribution in [2.24, 2.45) is 0 Å². The summed E-state index contributed by atoms with van der Waals surface area (Å²) in [4.78, 5) is 11.2. The molecule has 4 nitrogen and oxygen atoms in total. The number of halogens is 1. The van der Waals surface area contributed by atoms with Gasteiger partial charge in [0, 0.05) is 12.1 Å². The molecule has 0 aliphatic heterocycles. The van der Waals surface area contributed by atoms with Gasteiger partial charge in [0.1, 0.15) is 6.54 Å². The Hall–Kier alpha value is -0.840. The minimum Gasteiger partial charge on any atom is -0.465 e. The molecule has 0 aromatic carbocycles. The van der Waals surface area contributed by atoms with Crippen LogP contribution in [-0.4, -0.2) is 22.4 Å². The highest BCUT2D eigenvalue weighted by Crippen LogP contribution is 2.42. The predicted octanol–water partition coefficient (Wildman–Crippen LogP) is 2.09. The number of aromatic nitrogens is 2. The third kappa shape index (κ3) is 2.59. The molecule has 0 atom stereocenters. The lowest BCUT2D eigenvalue weighted by molar-refractivity contribution is -0.144. The number of carbonyl (C=O) groups is 1. The molecule has 0 radical (unpaired) electrons. The van der Waals surface area contributed by atoms with Crippen LogP contribution in [0.3, 0.4) is 0 Å². The van der Waals surface area contributed by atoms with E-state index in [0.29, 0.717) is 12.5 Å². The summed E-state index contributed by atoms with van der Waals surface area (Å²) in [6, 6.07) is 0. The Labute approximate surface area is 96.7 Å². The van der Waals surface area contributed by atoms with Gasteiger partial charge in [-0.3, -0.25) is 9.48 Å². The second kappa shape index (κ2) is 4.35. The van der Waals surface area contributed by atoms with Crippen molar-refractivity contribution in [3.05, 3.63) is 16.4 Å². The van der Waals surface area contributed by atoms with Crippen LogP contribution in [0.2, 0.25) is 0 Å². The molecule has 0 unspecified atom stereocenters. The van der Waals surface area contributed by atoms with E-state index in [9.17, 15) is 4.79 Å². The Balaban J connectivity index is 2.02. The zero-order chi connectivity index (χ0) is 10.8. The molecule has 82 valence electrons. The number of hydrogen-bond donors (Lipinski definition) is 0. The Kier molecular flexibility index (Phi) is 3.09. The summed E-state index contributed by atoms with van der Waals surface area (Å²) in [7, 11) is 0. The van der Waals surface area contributed by atoms with E-state index in [1.54, 1.807) is 11.6 Å². The second-order valence-electron chi connectivity index (χ2n) is 3.64.